The van der Waals surface area contributed by atoms with Gasteiger partial charge < -0.3 is 15.5 Å². The summed E-state index contributed by atoms with van der Waals surface area (Å²) in [5, 5.41) is 20.9. The zero-order valence-electron chi connectivity index (χ0n) is 10.1. The molecule has 0 saturated heterocycles. The lowest BCUT2D eigenvalue weighted by atomic mass is 10.1. The Hall–Kier alpha value is -1.41. The molecule has 0 fully saturated rings. The summed E-state index contributed by atoms with van der Waals surface area (Å²) >= 11 is 0. The van der Waals surface area contributed by atoms with E-state index in [0.29, 0.717) is 0 Å². The molecule has 19 heavy (non-hydrogen) atoms. The molecule has 0 aliphatic heterocycles. The summed E-state index contributed by atoms with van der Waals surface area (Å²) < 4.78 is 49.2. The molecule has 3 N–H and O–H groups in total. The first-order chi connectivity index (χ1) is 8.79. The minimum Gasteiger partial charge on any atom is -0.506 e. The Bertz CT molecular complexity index is 441. The Morgan fingerprint density at radius 3 is 2.58 bits per heavy atom. The standard InChI is InChI=1S/C11H14F4N2O2/c1-6-9(19)8(7(4-18)2-17-6)3-16-5-11(14,15)10(12)13/h2,10,16,18-19H,3-5H2,1H3. The van der Waals surface area contributed by atoms with E-state index < -0.39 is 25.5 Å². The smallest absolute Gasteiger partial charge is 0.319 e. The number of rotatable bonds is 6. The second-order valence-corrected chi connectivity index (χ2v) is 4.02. The first-order valence-corrected chi connectivity index (χ1v) is 5.43. The van der Waals surface area contributed by atoms with E-state index >= 15 is 0 Å². The highest BCUT2D eigenvalue weighted by atomic mass is 19.3. The molecule has 0 aromatic carbocycles. The highest BCUT2D eigenvalue weighted by Gasteiger charge is 2.40. The predicted octanol–water partition coefficient (Wildman–Crippen LogP) is 1.58. The molecule has 0 radical (unpaired) electrons. The molecular formula is C11H14F4N2O2. The quantitative estimate of drug-likeness (QED) is 0.693. The lowest BCUT2D eigenvalue weighted by Gasteiger charge is -2.17. The van der Waals surface area contributed by atoms with Crippen molar-refractivity contribution in [2.45, 2.75) is 32.4 Å². The van der Waals surface area contributed by atoms with Crippen molar-refractivity contribution >= 4 is 0 Å². The zero-order chi connectivity index (χ0) is 14.6. The lowest BCUT2D eigenvalue weighted by Crippen LogP contribution is -2.38. The molecule has 0 aliphatic rings. The van der Waals surface area contributed by atoms with E-state index in [-0.39, 0.29) is 29.1 Å². The van der Waals surface area contributed by atoms with Crippen LogP contribution in [-0.2, 0) is 13.2 Å². The van der Waals surface area contributed by atoms with E-state index in [1.54, 1.807) is 0 Å². The minimum atomic E-state index is -4.14. The first kappa shape index (κ1) is 15.6. The van der Waals surface area contributed by atoms with Crippen molar-refractivity contribution in [1.29, 1.82) is 0 Å². The van der Waals surface area contributed by atoms with Gasteiger partial charge in [0.05, 0.1) is 18.8 Å². The molecule has 0 bridgehead atoms. The van der Waals surface area contributed by atoms with Gasteiger partial charge in [-0.1, -0.05) is 0 Å². The SMILES string of the molecule is Cc1ncc(CO)c(CNCC(F)(F)C(F)F)c1O. The van der Waals surface area contributed by atoms with Gasteiger partial charge in [-0.15, -0.1) is 0 Å². The highest BCUT2D eigenvalue weighted by molar-refractivity contribution is 5.40. The van der Waals surface area contributed by atoms with Gasteiger partial charge in [-0.2, -0.15) is 8.78 Å². The van der Waals surface area contributed by atoms with Gasteiger partial charge >= 0.3 is 12.3 Å². The lowest BCUT2D eigenvalue weighted by molar-refractivity contribution is -0.125. The maximum atomic E-state index is 12.7. The van der Waals surface area contributed by atoms with Gasteiger partial charge in [-0.25, -0.2) is 8.78 Å². The highest BCUT2D eigenvalue weighted by Crippen LogP contribution is 2.25. The van der Waals surface area contributed by atoms with Crippen LogP contribution in [0.2, 0.25) is 0 Å². The second-order valence-electron chi connectivity index (χ2n) is 4.02. The Morgan fingerprint density at radius 2 is 2.05 bits per heavy atom. The van der Waals surface area contributed by atoms with E-state index in [9.17, 15) is 22.7 Å². The third kappa shape index (κ3) is 3.77. The summed E-state index contributed by atoms with van der Waals surface area (Å²) in [6.45, 7) is -0.444. The van der Waals surface area contributed by atoms with Crippen LogP contribution in [0.4, 0.5) is 17.6 Å². The molecular weight excluding hydrogens is 268 g/mol. The number of alkyl halides is 4. The average Bonchev–Trinajstić information content (AvgIpc) is 2.34. The summed E-state index contributed by atoms with van der Waals surface area (Å²) in [6.07, 6.45) is -2.47. The molecule has 0 amide bonds. The number of aromatic hydroxyl groups is 1. The normalized spacial score (nSPS) is 12.2. The summed E-state index contributed by atoms with van der Waals surface area (Å²) in [7, 11) is 0. The van der Waals surface area contributed by atoms with Crippen LogP contribution >= 0.6 is 0 Å². The van der Waals surface area contributed by atoms with Crippen molar-refractivity contribution in [2.24, 2.45) is 0 Å². The van der Waals surface area contributed by atoms with Crippen LogP contribution in [-0.4, -0.2) is 34.1 Å². The first-order valence-electron chi connectivity index (χ1n) is 5.43. The fraction of sp³-hybridized carbons (Fsp3) is 0.545. The van der Waals surface area contributed by atoms with Crippen LogP contribution in [0.25, 0.3) is 0 Å². The van der Waals surface area contributed by atoms with Crippen molar-refractivity contribution in [1.82, 2.24) is 10.3 Å². The molecule has 108 valence electrons. The molecule has 0 aliphatic carbocycles. The van der Waals surface area contributed by atoms with Crippen LogP contribution in [0.15, 0.2) is 6.20 Å². The van der Waals surface area contributed by atoms with Crippen molar-refractivity contribution in [2.75, 3.05) is 6.54 Å². The Balaban J connectivity index is 2.75. The number of pyridine rings is 1. The molecule has 1 aromatic heterocycles. The van der Waals surface area contributed by atoms with Gasteiger partial charge in [0.15, 0.2) is 0 Å². The van der Waals surface area contributed by atoms with Crippen molar-refractivity contribution in [3.8, 4) is 5.75 Å². The molecule has 8 heteroatoms. The van der Waals surface area contributed by atoms with E-state index in [1.807, 2.05) is 0 Å². The van der Waals surface area contributed by atoms with Gasteiger partial charge in [0.1, 0.15) is 5.75 Å². The molecule has 0 saturated carbocycles. The van der Waals surface area contributed by atoms with Crippen molar-refractivity contribution in [3.63, 3.8) is 0 Å². The largest absolute Gasteiger partial charge is 0.506 e. The van der Waals surface area contributed by atoms with Crippen LogP contribution < -0.4 is 5.32 Å². The second kappa shape index (κ2) is 6.16. The number of nitrogens with zero attached hydrogens (tertiary/aromatic N) is 1. The number of aromatic nitrogens is 1. The maximum absolute atomic E-state index is 12.7. The van der Waals surface area contributed by atoms with Crippen LogP contribution in [0, 0.1) is 6.92 Å². The monoisotopic (exact) mass is 282 g/mol. The van der Waals surface area contributed by atoms with Crippen LogP contribution in [0.3, 0.4) is 0 Å². The number of nitrogens with one attached hydrogen (secondary N) is 1. The summed E-state index contributed by atoms with van der Waals surface area (Å²) in [5.41, 5.74) is 0.672. The van der Waals surface area contributed by atoms with Gasteiger partial charge in [-0.3, -0.25) is 4.98 Å². The molecule has 1 heterocycles. The van der Waals surface area contributed by atoms with E-state index in [1.165, 1.54) is 13.1 Å². The molecule has 0 spiro atoms. The number of aryl methyl sites for hydroxylation is 1. The van der Waals surface area contributed by atoms with Gasteiger partial charge in [0, 0.05) is 23.9 Å². The molecule has 1 rings (SSSR count). The van der Waals surface area contributed by atoms with E-state index in [4.69, 9.17) is 5.11 Å². The Morgan fingerprint density at radius 1 is 1.42 bits per heavy atom. The molecule has 1 aromatic rings. The third-order valence-electron chi connectivity index (χ3n) is 2.58. The van der Waals surface area contributed by atoms with Crippen molar-refractivity contribution in [3.05, 3.63) is 23.0 Å². The van der Waals surface area contributed by atoms with Crippen molar-refractivity contribution < 1.29 is 27.8 Å². The molecule has 4 nitrogen and oxygen atoms in total. The Kier molecular flexibility index (Phi) is 5.07. The molecule has 0 unspecified atom stereocenters. The van der Waals surface area contributed by atoms with Gasteiger partial charge in [0.2, 0.25) is 0 Å². The van der Waals surface area contributed by atoms with E-state index in [0.717, 1.165) is 0 Å². The number of aliphatic hydroxyl groups excluding tert-OH is 1. The number of hydrogen-bond acceptors (Lipinski definition) is 4. The topological polar surface area (TPSA) is 65.4 Å². The summed E-state index contributed by atoms with van der Waals surface area (Å²) in [5.74, 6) is -4.39. The zero-order valence-corrected chi connectivity index (χ0v) is 10.1. The predicted molar refractivity (Wildman–Crippen MR) is 59.2 cm³/mol. The Labute approximate surface area is 107 Å². The van der Waals surface area contributed by atoms with E-state index in [2.05, 4.69) is 10.3 Å². The summed E-state index contributed by atoms with van der Waals surface area (Å²) in [6, 6.07) is 0. The fourth-order valence-corrected chi connectivity index (χ4v) is 1.45. The van der Waals surface area contributed by atoms with Crippen LogP contribution in [0.5, 0.6) is 5.75 Å². The minimum absolute atomic E-state index is 0.167. The maximum Gasteiger partial charge on any atom is 0.319 e. The fourth-order valence-electron chi connectivity index (χ4n) is 1.45. The van der Waals surface area contributed by atoms with Gasteiger partial charge in [-0.05, 0) is 6.92 Å². The molecule has 0 atom stereocenters. The average molecular weight is 282 g/mol. The summed E-state index contributed by atoms with van der Waals surface area (Å²) in [4.78, 5) is 3.79. The number of hydrogen-bond donors (Lipinski definition) is 3. The van der Waals surface area contributed by atoms with Crippen LogP contribution in [0.1, 0.15) is 16.8 Å². The number of aliphatic hydroxyl groups is 1. The van der Waals surface area contributed by atoms with Gasteiger partial charge in [0.25, 0.3) is 0 Å². The third-order valence-corrected chi connectivity index (χ3v) is 2.58. The number of halogens is 4.